The minimum atomic E-state index is -0.450. The number of hydrazine groups is 1. The minimum Gasteiger partial charge on any atom is -0.376 e. The van der Waals surface area contributed by atoms with Crippen molar-refractivity contribution >= 4 is 17.6 Å². The summed E-state index contributed by atoms with van der Waals surface area (Å²) >= 11 is 0. The van der Waals surface area contributed by atoms with E-state index in [1.54, 1.807) is 0 Å². The van der Waals surface area contributed by atoms with Crippen molar-refractivity contribution in [1.82, 2.24) is 16.2 Å². The van der Waals surface area contributed by atoms with Crippen LogP contribution in [0.5, 0.6) is 0 Å². The molecule has 0 aromatic heterocycles. The third-order valence-corrected chi connectivity index (χ3v) is 2.43. The lowest BCUT2D eigenvalue weighted by Gasteiger charge is -2.09. The Hall–Kier alpha value is -2.31. The van der Waals surface area contributed by atoms with Crippen LogP contribution in [0.15, 0.2) is 24.3 Å². The first-order valence-corrected chi connectivity index (χ1v) is 6.44. The van der Waals surface area contributed by atoms with Crippen molar-refractivity contribution in [1.29, 1.82) is 0 Å². The van der Waals surface area contributed by atoms with E-state index in [9.17, 15) is 14.0 Å². The third kappa shape index (κ3) is 6.58. The van der Waals surface area contributed by atoms with Crippen LogP contribution in [0.1, 0.15) is 19.8 Å². The molecular weight excluding hydrogens is 263 g/mol. The Labute approximate surface area is 117 Å². The standard InChI is InChI=1S/C13H19FN4O2/c1-2-3-8-15-13(20)18-17-12(19)9-16-11-6-4-10(14)5-7-11/h4-7,16H,2-3,8-9H2,1H3,(H,17,19)(H2,15,18,20). The number of carbonyl (C=O) groups excluding carboxylic acids is 2. The van der Waals surface area contributed by atoms with E-state index in [0.717, 1.165) is 12.8 Å². The highest BCUT2D eigenvalue weighted by Crippen LogP contribution is 2.07. The highest BCUT2D eigenvalue weighted by molar-refractivity contribution is 5.83. The zero-order valence-electron chi connectivity index (χ0n) is 11.3. The Morgan fingerprint density at radius 2 is 1.85 bits per heavy atom. The van der Waals surface area contributed by atoms with Crippen LogP contribution < -0.4 is 21.5 Å². The molecule has 0 radical (unpaired) electrons. The molecule has 1 aromatic carbocycles. The van der Waals surface area contributed by atoms with Crippen molar-refractivity contribution in [2.24, 2.45) is 0 Å². The fraction of sp³-hybridized carbons (Fsp3) is 0.385. The van der Waals surface area contributed by atoms with E-state index in [1.165, 1.54) is 24.3 Å². The van der Waals surface area contributed by atoms with Gasteiger partial charge in [0.05, 0.1) is 6.54 Å². The summed E-state index contributed by atoms with van der Waals surface area (Å²) in [6.07, 6.45) is 1.86. The van der Waals surface area contributed by atoms with Gasteiger partial charge in [0.15, 0.2) is 0 Å². The number of halogens is 1. The molecule has 1 rings (SSSR count). The number of hydrogen-bond donors (Lipinski definition) is 4. The van der Waals surface area contributed by atoms with Gasteiger partial charge in [0.1, 0.15) is 5.82 Å². The molecule has 0 saturated heterocycles. The van der Waals surface area contributed by atoms with Gasteiger partial charge in [-0.25, -0.2) is 14.6 Å². The minimum absolute atomic E-state index is 0.0269. The predicted octanol–water partition coefficient (Wildman–Crippen LogP) is 1.37. The van der Waals surface area contributed by atoms with Gasteiger partial charge in [0.2, 0.25) is 0 Å². The molecule has 0 fully saturated rings. The van der Waals surface area contributed by atoms with Gasteiger partial charge in [-0.15, -0.1) is 0 Å². The molecule has 7 heteroatoms. The number of rotatable bonds is 6. The largest absolute Gasteiger partial charge is 0.376 e. The average molecular weight is 282 g/mol. The first-order valence-electron chi connectivity index (χ1n) is 6.44. The lowest BCUT2D eigenvalue weighted by Crippen LogP contribution is -2.48. The summed E-state index contributed by atoms with van der Waals surface area (Å²) in [5.74, 6) is -0.745. The Morgan fingerprint density at radius 1 is 1.15 bits per heavy atom. The Morgan fingerprint density at radius 3 is 2.50 bits per heavy atom. The van der Waals surface area contributed by atoms with Gasteiger partial charge >= 0.3 is 6.03 Å². The fourth-order valence-corrected chi connectivity index (χ4v) is 1.34. The molecule has 0 aliphatic heterocycles. The molecule has 4 N–H and O–H groups in total. The molecule has 0 bridgehead atoms. The van der Waals surface area contributed by atoms with Gasteiger partial charge in [-0.2, -0.15) is 0 Å². The van der Waals surface area contributed by atoms with Gasteiger partial charge in [-0.1, -0.05) is 13.3 Å². The number of amides is 3. The summed E-state index contributed by atoms with van der Waals surface area (Å²) in [5, 5.41) is 5.39. The van der Waals surface area contributed by atoms with Crippen LogP contribution in [0.3, 0.4) is 0 Å². The van der Waals surface area contributed by atoms with Gasteiger partial charge < -0.3 is 10.6 Å². The van der Waals surface area contributed by atoms with Crippen molar-refractivity contribution in [2.45, 2.75) is 19.8 Å². The van der Waals surface area contributed by atoms with Crippen LogP contribution in [0.2, 0.25) is 0 Å². The quantitative estimate of drug-likeness (QED) is 0.470. The number of hydrogen-bond acceptors (Lipinski definition) is 3. The number of urea groups is 1. The molecule has 0 saturated carbocycles. The Bertz CT molecular complexity index is 437. The van der Waals surface area contributed by atoms with E-state index in [-0.39, 0.29) is 12.4 Å². The van der Waals surface area contributed by atoms with Gasteiger partial charge in [-0.3, -0.25) is 10.2 Å². The highest BCUT2D eigenvalue weighted by atomic mass is 19.1. The summed E-state index contributed by atoms with van der Waals surface area (Å²) < 4.78 is 12.7. The molecule has 0 aliphatic rings. The maximum Gasteiger partial charge on any atom is 0.333 e. The zero-order valence-corrected chi connectivity index (χ0v) is 11.3. The lowest BCUT2D eigenvalue weighted by molar-refractivity contribution is -0.120. The van der Waals surface area contributed by atoms with Crippen LogP contribution in [0, 0.1) is 5.82 Å². The summed E-state index contributed by atoms with van der Waals surface area (Å²) in [7, 11) is 0. The molecule has 110 valence electrons. The smallest absolute Gasteiger partial charge is 0.333 e. The monoisotopic (exact) mass is 282 g/mol. The normalized spacial score (nSPS) is 9.70. The van der Waals surface area contributed by atoms with Crippen molar-refractivity contribution < 1.29 is 14.0 Å². The number of unbranched alkanes of at least 4 members (excludes halogenated alkanes) is 1. The van der Waals surface area contributed by atoms with Crippen LogP contribution in [0.25, 0.3) is 0 Å². The summed E-state index contributed by atoms with van der Waals surface area (Å²) in [6, 6.07) is 5.17. The van der Waals surface area contributed by atoms with Crippen LogP contribution in [-0.2, 0) is 4.79 Å². The predicted molar refractivity (Wildman–Crippen MR) is 74.5 cm³/mol. The van der Waals surface area contributed by atoms with Gasteiger partial charge in [-0.05, 0) is 30.7 Å². The van der Waals surface area contributed by atoms with Crippen molar-refractivity contribution in [3.8, 4) is 0 Å². The zero-order chi connectivity index (χ0) is 14.8. The van der Waals surface area contributed by atoms with E-state index in [4.69, 9.17) is 0 Å². The SMILES string of the molecule is CCCCNC(=O)NNC(=O)CNc1ccc(F)cc1. The second-order valence-corrected chi connectivity index (χ2v) is 4.14. The maximum absolute atomic E-state index is 12.7. The maximum atomic E-state index is 12.7. The van der Waals surface area contributed by atoms with Crippen LogP contribution in [-0.4, -0.2) is 25.0 Å². The molecular formula is C13H19FN4O2. The topological polar surface area (TPSA) is 82.3 Å². The molecule has 6 nitrogen and oxygen atoms in total. The van der Waals surface area contributed by atoms with Crippen molar-refractivity contribution in [3.05, 3.63) is 30.1 Å². The molecule has 3 amide bonds. The molecule has 0 heterocycles. The van der Waals surface area contributed by atoms with Crippen molar-refractivity contribution in [3.63, 3.8) is 0 Å². The van der Waals surface area contributed by atoms with Gasteiger partial charge in [0.25, 0.3) is 5.91 Å². The number of nitrogens with one attached hydrogen (secondary N) is 4. The lowest BCUT2D eigenvalue weighted by atomic mass is 10.3. The van der Waals surface area contributed by atoms with E-state index in [0.29, 0.717) is 12.2 Å². The number of benzene rings is 1. The molecule has 1 aromatic rings. The second-order valence-electron chi connectivity index (χ2n) is 4.14. The average Bonchev–Trinajstić information content (AvgIpc) is 2.45. The summed E-state index contributed by atoms with van der Waals surface area (Å²) in [4.78, 5) is 22.7. The highest BCUT2D eigenvalue weighted by Gasteiger charge is 2.03. The Balaban J connectivity index is 2.17. The van der Waals surface area contributed by atoms with E-state index >= 15 is 0 Å². The second kappa shape index (κ2) is 8.73. The molecule has 20 heavy (non-hydrogen) atoms. The number of carbonyl (C=O) groups is 2. The first kappa shape index (κ1) is 15.7. The van der Waals surface area contributed by atoms with E-state index in [2.05, 4.69) is 21.5 Å². The first-order chi connectivity index (χ1) is 9.61. The summed E-state index contributed by atoms with van der Waals surface area (Å²) in [5.41, 5.74) is 5.11. The van der Waals surface area contributed by atoms with Crippen molar-refractivity contribution in [2.75, 3.05) is 18.4 Å². The van der Waals surface area contributed by atoms with Gasteiger partial charge in [0, 0.05) is 12.2 Å². The molecule has 0 unspecified atom stereocenters. The number of anilines is 1. The van der Waals surface area contributed by atoms with E-state index in [1.807, 2.05) is 6.92 Å². The van der Waals surface area contributed by atoms with E-state index < -0.39 is 11.9 Å². The fourth-order valence-electron chi connectivity index (χ4n) is 1.34. The Kier molecular flexibility index (Phi) is 6.88. The molecule has 0 spiro atoms. The molecule has 0 atom stereocenters. The molecule has 0 aliphatic carbocycles. The van der Waals surface area contributed by atoms with Crippen LogP contribution in [0.4, 0.5) is 14.9 Å². The summed E-state index contributed by atoms with van der Waals surface area (Å²) in [6.45, 7) is 2.55. The van der Waals surface area contributed by atoms with Crippen LogP contribution >= 0.6 is 0 Å². The third-order valence-electron chi connectivity index (χ3n) is 2.43.